The Morgan fingerprint density at radius 2 is 1.93 bits per heavy atom. The molecule has 1 aliphatic carbocycles. The first-order valence-electron chi connectivity index (χ1n) is 10.9. The van der Waals surface area contributed by atoms with Gasteiger partial charge in [0.1, 0.15) is 6.04 Å². The topological polar surface area (TPSA) is 77.1 Å². The molecule has 1 saturated carbocycles. The monoisotopic (exact) mass is 418 g/mol. The molecule has 3 rings (SSSR count). The van der Waals surface area contributed by atoms with Gasteiger partial charge in [-0.15, -0.1) is 0 Å². The molecule has 0 unspecified atom stereocenters. The largest absolute Gasteiger partial charge is 0.493 e. The summed E-state index contributed by atoms with van der Waals surface area (Å²) in [6.07, 6.45) is 5.91. The Bertz CT molecular complexity index is 732. The number of carbonyl (C=O) groups excluding carboxylic acids is 2. The highest BCUT2D eigenvalue weighted by atomic mass is 16.5. The standard InChI is InChI=1S/C23H34N2O5/c1-4-30-21-11-17(9-10-20(21)28-2)14-25-15-18(13-19(25)23(27)29-3)24-22(26)12-16-7-5-6-8-16/h9-11,16,18-19H,4-8,12-15H2,1-3H3,(H,24,26)/t18-,19+/m1/s1. The minimum atomic E-state index is -0.371. The fourth-order valence-corrected chi connectivity index (χ4v) is 4.65. The molecule has 1 amide bonds. The highest BCUT2D eigenvalue weighted by Crippen LogP contribution is 2.31. The molecule has 0 radical (unpaired) electrons. The molecule has 1 N–H and O–H groups in total. The zero-order chi connectivity index (χ0) is 21.5. The van der Waals surface area contributed by atoms with Crippen molar-refractivity contribution in [3.05, 3.63) is 23.8 Å². The molecule has 1 aromatic rings. The summed E-state index contributed by atoms with van der Waals surface area (Å²) in [5.41, 5.74) is 1.02. The summed E-state index contributed by atoms with van der Waals surface area (Å²) in [4.78, 5) is 26.9. The third kappa shape index (κ3) is 5.65. The van der Waals surface area contributed by atoms with E-state index in [-0.39, 0.29) is 24.0 Å². The summed E-state index contributed by atoms with van der Waals surface area (Å²) in [7, 11) is 3.03. The van der Waals surface area contributed by atoms with Gasteiger partial charge in [-0.3, -0.25) is 14.5 Å². The van der Waals surface area contributed by atoms with Crippen LogP contribution in [0.2, 0.25) is 0 Å². The first-order chi connectivity index (χ1) is 14.5. The van der Waals surface area contributed by atoms with E-state index in [4.69, 9.17) is 14.2 Å². The molecule has 1 saturated heterocycles. The second-order valence-corrected chi connectivity index (χ2v) is 8.24. The van der Waals surface area contributed by atoms with Gasteiger partial charge in [0.2, 0.25) is 5.91 Å². The number of amides is 1. The van der Waals surface area contributed by atoms with E-state index in [1.165, 1.54) is 20.0 Å². The van der Waals surface area contributed by atoms with E-state index in [2.05, 4.69) is 10.2 Å². The van der Waals surface area contributed by atoms with Crippen molar-refractivity contribution in [2.75, 3.05) is 27.4 Å². The third-order valence-corrected chi connectivity index (χ3v) is 6.10. The van der Waals surface area contributed by atoms with Gasteiger partial charge >= 0.3 is 5.97 Å². The summed E-state index contributed by atoms with van der Waals surface area (Å²) in [5.74, 6) is 1.72. The second kappa shape index (κ2) is 10.7. The maximum Gasteiger partial charge on any atom is 0.323 e. The summed E-state index contributed by atoms with van der Waals surface area (Å²) in [6.45, 7) is 3.66. The summed E-state index contributed by atoms with van der Waals surface area (Å²) >= 11 is 0. The first-order valence-corrected chi connectivity index (χ1v) is 10.9. The third-order valence-electron chi connectivity index (χ3n) is 6.10. The normalized spacial score (nSPS) is 22.1. The number of nitrogens with zero attached hydrogens (tertiary/aromatic N) is 1. The molecular formula is C23H34N2O5. The number of esters is 1. The quantitative estimate of drug-likeness (QED) is 0.622. The van der Waals surface area contributed by atoms with E-state index in [1.807, 2.05) is 25.1 Å². The molecule has 0 bridgehead atoms. The number of carbonyl (C=O) groups is 2. The van der Waals surface area contributed by atoms with Crippen LogP contribution in [0.1, 0.15) is 51.0 Å². The number of hydrogen-bond acceptors (Lipinski definition) is 6. The van der Waals surface area contributed by atoms with Crippen LogP contribution in [-0.2, 0) is 20.9 Å². The van der Waals surface area contributed by atoms with Gasteiger partial charge in [0.25, 0.3) is 0 Å². The predicted molar refractivity (Wildman–Crippen MR) is 113 cm³/mol. The van der Waals surface area contributed by atoms with Crippen LogP contribution < -0.4 is 14.8 Å². The summed E-state index contributed by atoms with van der Waals surface area (Å²) < 4.78 is 16.1. The molecule has 7 nitrogen and oxygen atoms in total. The average molecular weight is 419 g/mol. The number of rotatable bonds is 9. The van der Waals surface area contributed by atoms with Gasteiger partial charge in [-0.1, -0.05) is 18.9 Å². The Balaban J connectivity index is 1.65. The van der Waals surface area contributed by atoms with Crippen molar-refractivity contribution in [1.82, 2.24) is 10.2 Å². The van der Waals surface area contributed by atoms with Crippen LogP contribution in [0.25, 0.3) is 0 Å². The van der Waals surface area contributed by atoms with Crippen LogP contribution in [0.5, 0.6) is 11.5 Å². The number of ether oxygens (including phenoxy) is 3. The van der Waals surface area contributed by atoms with Gasteiger partial charge in [-0.25, -0.2) is 0 Å². The minimum Gasteiger partial charge on any atom is -0.493 e. The number of nitrogens with one attached hydrogen (secondary N) is 1. The molecule has 2 aliphatic rings. The molecule has 166 valence electrons. The van der Waals surface area contributed by atoms with Gasteiger partial charge in [-0.2, -0.15) is 0 Å². The summed E-state index contributed by atoms with van der Waals surface area (Å²) in [6, 6.07) is 5.38. The van der Waals surface area contributed by atoms with E-state index in [0.717, 1.165) is 18.4 Å². The summed E-state index contributed by atoms with van der Waals surface area (Å²) in [5, 5.41) is 3.15. The minimum absolute atomic E-state index is 0.0485. The maximum absolute atomic E-state index is 12.5. The molecule has 1 aliphatic heterocycles. The van der Waals surface area contributed by atoms with Crippen molar-refractivity contribution >= 4 is 11.9 Å². The lowest BCUT2D eigenvalue weighted by Gasteiger charge is -2.22. The van der Waals surface area contributed by atoms with Crippen LogP contribution in [0, 0.1) is 5.92 Å². The maximum atomic E-state index is 12.5. The number of benzene rings is 1. The van der Waals surface area contributed by atoms with Crippen LogP contribution in [0.3, 0.4) is 0 Å². The van der Waals surface area contributed by atoms with Gasteiger partial charge in [0.05, 0.1) is 20.8 Å². The van der Waals surface area contributed by atoms with Gasteiger partial charge in [0.15, 0.2) is 11.5 Å². The smallest absolute Gasteiger partial charge is 0.323 e. The van der Waals surface area contributed by atoms with Crippen molar-refractivity contribution < 1.29 is 23.8 Å². The van der Waals surface area contributed by atoms with Crippen molar-refractivity contribution in [1.29, 1.82) is 0 Å². The van der Waals surface area contributed by atoms with Gasteiger partial charge in [0, 0.05) is 25.6 Å². The van der Waals surface area contributed by atoms with E-state index in [9.17, 15) is 9.59 Å². The van der Waals surface area contributed by atoms with Gasteiger partial charge in [-0.05, 0) is 49.8 Å². The highest BCUT2D eigenvalue weighted by molar-refractivity contribution is 5.78. The Kier molecular flexibility index (Phi) is 7.96. The van der Waals surface area contributed by atoms with Crippen molar-refractivity contribution in [2.45, 2.75) is 64.1 Å². The lowest BCUT2D eigenvalue weighted by molar-refractivity contribution is -0.146. The average Bonchev–Trinajstić information content (AvgIpc) is 3.38. The number of methoxy groups -OCH3 is 2. The zero-order valence-corrected chi connectivity index (χ0v) is 18.3. The number of hydrogen-bond donors (Lipinski definition) is 1. The second-order valence-electron chi connectivity index (χ2n) is 8.24. The van der Waals surface area contributed by atoms with E-state index < -0.39 is 0 Å². The zero-order valence-electron chi connectivity index (χ0n) is 18.3. The molecule has 0 spiro atoms. The Morgan fingerprint density at radius 1 is 1.17 bits per heavy atom. The van der Waals surface area contributed by atoms with Crippen molar-refractivity contribution in [2.24, 2.45) is 5.92 Å². The molecule has 7 heteroatoms. The van der Waals surface area contributed by atoms with E-state index in [1.54, 1.807) is 7.11 Å². The molecular weight excluding hydrogens is 384 g/mol. The fraction of sp³-hybridized carbons (Fsp3) is 0.652. The Hall–Kier alpha value is -2.28. The SMILES string of the molecule is CCOc1cc(CN2C[C@H](NC(=O)CC3CCCC3)C[C@H]2C(=O)OC)ccc1OC. The van der Waals surface area contributed by atoms with Crippen molar-refractivity contribution in [3.63, 3.8) is 0 Å². The molecule has 30 heavy (non-hydrogen) atoms. The molecule has 2 fully saturated rings. The fourth-order valence-electron chi connectivity index (χ4n) is 4.65. The molecule has 2 atom stereocenters. The lowest BCUT2D eigenvalue weighted by Crippen LogP contribution is -2.38. The lowest BCUT2D eigenvalue weighted by atomic mass is 10.0. The van der Waals surface area contributed by atoms with E-state index >= 15 is 0 Å². The Labute approximate surface area is 179 Å². The van der Waals surface area contributed by atoms with Crippen LogP contribution in [0.15, 0.2) is 18.2 Å². The van der Waals surface area contributed by atoms with Gasteiger partial charge < -0.3 is 19.5 Å². The van der Waals surface area contributed by atoms with Crippen LogP contribution >= 0.6 is 0 Å². The molecule has 1 heterocycles. The highest BCUT2D eigenvalue weighted by Gasteiger charge is 2.38. The van der Waals surface area contributed by atoms with E-state index in [0.29, 0.717) is 50.0 Å². The van der Waals surface area contributed by atoms with Crippen LogP contribution in [0.4, 0.5) is 0 Å². The molecule has 0 aromatic heterocycles. The predicted octanol–water partition coefficient (Wildman–Crippen LogP) is 2.91. The first kappa shape index (κ1) is 22.4. The Morgan fingerprint density at radius 3 is 2.60 bits per heavy atom. The van der Waals surface area contributed by atoms with Crippen LogP contribution in [-0.4, -0.2) is 56.2 Å². The number of likely N-dealkylation sites (tertiary alicyclic amines) is 1. The molecule has 1 aromatic carbocycles. The van der Waals surface area contributed by atoms with Crippen molar-refractivity contribution in [3.8, 4) is 11.5 Å².